The number of aliphatic carboxylic acids is 1. The highest BCUT2D eigenvalue weighted by Gasteiger charge is 2.23. The minimum Gasteiger partial charge on any atom is -0.481 e. The van der Waals surface area contributed by atoms with E-state index in [1.807, 2.05) is 42.6 Å². The standard InChI is InChI=1S/C21H19NO3S/c1-14-7-9-16(10-8-14)20-22-17(13-26-20)11-18(23)12-19(21(24)25)15-5-3-2-4-6-15/h2-10,13,19H,11-12H2,1H3,(H,24,25)/t19-/m0/s1. The van der Waals surface area contributed by atoms with Crippen LogP contribution in [0.1, 0.15) is 29.2 Å². The van der Waals surface area contributed by atoms with Gasteiger partial charge in [0.25, 0.3) is 0 Å². The van der Waals surface area contributed by atoms with Gasteiger partial charge in [-0.15, -0.1) is 11.3 Å². The number of carboxylic acid groups (broad SMARTS) is 1. The van der Waals surface area contributed by atoms with Crippen molar-refractivity contribution in [2.45, 2.75) is 25.7 Å². The number of Topliss-reactive ketones (excluding diaryl/α,β-unsaturated/α-hetero) is 1. The Hall–Kier alpha value is -2.79. The van der Waals surface area contributed by atoms with Crippen molar-refractivity contribution in [1.29, 1.82) is 0 Å². The molecule has 0 saturated carbocycles. The fraction of sp³-hybridized carbons (Fsp3) is 0.190. The summed E-state index contributed by atoms with van der Waals surface area (Å²) in [5, 5.41) is 12.2. The van der Waals surface area contributed by atoms with Crippen LogP contribution in [0.2, 0.25) is 0 Å². The van der Waals surface area contributed by atoms with Crippen molar-refractivity contribution in [3.05, 3.63) is 76.8 Å². The lowest BCUT2D eigenvalue weighted by Gasteiger charge is -2.11. The van der Waals surface area contributed by atoms with Crippen LogP contribution in [-0.4, -0.2) is 21.8 Å². The molecule has 1 heterocycles. The number of carboxylic acids is 1. The zero-order valence-corrected chi connectivity index (χ0v) is 15.2. The van der Waals surface area contributed by atoms with Crippen molar-refractivity contribution < 1.29 is 14.7 Å². The van der Waals surface area contributed by atoms with E-state index in [4.69, 9.17) is 0 Å². The monoisotopic (exact) mass is 365 g/mol. The maximum absolute atomic E-state index is 12.4. The lowest BCUT2D eigenvalue weighted by Crippen LogP contribution is -2.17. The van der Waals surface area contributed by atoms with Crippen LogP contribution in [-0.2, 0) is 16.0 Å². The van der Waals surface area contributed by atoms with Gasteiger partial charge in [-0.1, -0.05) is 60.2 Å². The van der Waals surface area contributed by atoms with Crippen LogP contribution in [0.25, 0.3) is 10.6 Å². The van der Waals surface area contributed by atoms with Crippen molar-refractivity contribution in [2.24, 2.45) is 0 Å². The van der Waals surface area contributed by atoms with Gasteiger partial charge >= 0.3 is 5.97 Å². The van der Waals surface area contributed by atoms with Crippen molar-refractivity contribution >= 4 is 23.1 Å². The molecule has 0 saturated heterocycles. The van der Waals surface area contributed by atoms with Gasteiger partial charge in [0.05, 0.1) is 11.6 Å². The van der Waals surface area contributed by atoms with Crippen molar-refractivity contribution in [3.63, 3.8) is 0 Å². The predicted molar refractivity (Wildman–Crippen MR) is 102 cm³/mol. The quantitative estimate of drug-likeness (QED) is 0.670. The molecule has 0 amide bonds. The number of hydrogen-bond donors (Lipinski definition) is 1. The molecule has 0 aliphatic heterocycles. The Morgan fingerprint density at radius 3 is 2.42 bits per heavy atom. The molecule has 1 aromatic heterocycles. The van der Waals surface area contributed by atoms with E-state index in [2.05, 4.69) is 4.98 Å². The predicted octanol–water partition coefficient (Wildman–Crippen LogP) is 4.49. The molecule has 5 heteroatoms. The minimum absolute atomic E-state index is 0.0310. The summed E-state index contributed by atoms with van der Waals surface area (Å²) in [5.41, 5.74) is 3.54. The lowest BCUT2D eigenvalue weighted by molar-refractivity contribution is -0.140. The van der Waals surface area contributed by atoms with E-state index in [9.17, 15) is 14.7 Å². The van der Waals surface area contributed by atoms with E-state index < -0.39 is 11.9 Å². The maximum atomic E-state index is 12.4. The summed E-state index contributed by atoms with van der Waals surface area (Å²) in [5.74, 6) is -1.93. The van der Waals surface area contributed by atoms with Crippen molar-refractivity contribution in [3.8, 4) is 10.6 Å². The molecule has 0 aliphatic rings. The molecule has 132 valence electrons. The largest absolute Gasteiger partial charge is 0.481 e. The van der Waals surface area contributed by atoms with E-state index >= 15 is 0 Å². The SMILES string of the molecule is Cc1ccc(-c2nc(CC(=O)C[C@H](C(=O)O)c3ccccc3)cs2)cc1. The summed E-state index contributed by atoms with van der Waals surface area (Å²) < 4.78 is 0. The average Bonchev–Trinajstić information content (AvgIpc) is 3.09. The second-order valence-corrected chi connectivity index (χ2v) is 7.09. The van der Waals surface area contributed by atoms with Gasteiger partial charge in [0.15, 0.2) is 0 Å². The molecule has 3 rings (SSSR count). The molecule has 1 atom stereocenters. The number of carbonyl (C=O) groups excluding carboxylic acids is 1. The Morgan fingerprint density at radius 2 is 1.77 bits per heavy atom. The highest BCUT2D eigenvalue weighted by Crippen LogP contribution is 2.25. The Balaban J connectivity index is 1.68. The van der Waals surface area contributed by atoms with E-state index in [1.54, 1.807) is 24.3 Å². The van der Waals surface area contributed by atoms with Gasteiger partial charge < -0.3 is 5.11 Å². The lowest BCUT2D eigenvalue weighted by atomic mass is 9.93. The number of rotatable bonds is 7. The molecule has 0 bridgehead atoms. The van der Waals surface area contributed by atoms with Crippen LogP contribution in [0.15, 0.2) is 60.0 Å². The fourth-order valence-electron chi connectivity index (χ4n) is 2.75. The molecule has 2 aromatic carbocycles. The molecule has 0 aliphatic carbocycles. The van der Waals surface area contributed by atoms with Crippen molar-refractivity contribution in [1.82, 2.24) is 4.98 Å². The number of aryl methyl sites for hydroxylation is 1. The Labute approximate surface area is 156 Å². The number of thiazole rings is 1. The molecular weight excluding hydrogens is 346 g/mol. The molecule has 0 unspecified atom stereocenters. The Morgan fingerprint density at radius 1 is 1.08 bits per heavy atom. The number of benzene rings is 2. The smallest absolute Gasteiger partial charge is 0.311 e. The minimum atomic E-state index is -0.983. The van der Waals surface area contributed by atoms with E-state index in [0.717, 1.165) is 10.6 Å². The molecule has 4 nitrogen and oxygen atoms in total. The van der Waals surface area contributed by atoms with E-state index in [0.29, 0.717) is 11.3 Å². The highest BCUT2D eigenvalue weighted by molar-refractivity contribution is 7.13. The molecule has 3 aromatic rings. The summed E-state index contributed by atoms with van der Waals surface area (Å²) in [7, 11) is 0. The summed E-state index contributed by atoms with van der Waals surface area (Å²) >= 11 is 1.49. The average molecular weight is 365 g/mol. The zero-order chi connectivity index (χ0) is 18.5. The van der Waals surface area contributed by atoms with Crippen LogP contribution in [0.3, 0.4) is 0 Å². The first-order valence-electron chi connectivity index (χ1n) is 8.34. The zero-order valence-electron chi connectivity index (χ0n) is 14.4. The third-order valence-electron chi connectivity index (χ3n) is 4.16. The van der Waals surface area contributed by atoms with Gasteiger partial charge in [-0.3, -0.25) is 9.59 Å². The third kappa shape index (κ3) is 4.43. The number of nitrogens with zero attached hydrogens (tertiary/aromatic N) is 1. The molecular formula is C21H19NO3S. The van der Waals surface area contributed by atoms with Crippen LogP contribution in [0.5, 0.6) is 0 Å². The van der Waals surface area contributed by atoms with Gasteiger partial charge in [0.2, 0.25) is 0 Å². The third-order valence-corrected chi connectivity index (χ3v) is 5.10. The van der Waals surface area contributed by atoms with Crippen LogP contribution in [0, 0.1) is 6.92 Å². The summed E-state index contributed by atoms with van der Waals surface area (Å²) in [6.45, 7) is 2.03. The summed E-state index contributed by atoms with van der Waals surface area (Å²) in [6, 6.07) is 16.9. The summed E-state index contributed by atoms with van der Waals surface area (Å²) in [6.07, 6.45) is 0.121. The Bertz CT molecular complexity index is 901. The van der Waals surface area contributed by atoms with E-state index in [1.165, 1.54) is 16.9 Å². The first kappa shape index (κ1) is 18.0. The van der Waals surface area contributed by atoms with Gasteiger partial charge in [-0.05, 0) is 12.5 Å². The highest BCUT2D eigenvalue weighted by atomic mass is 32.1. The Kier molecular flexibility index (Phi) is 5.58. The number of hydrogen-bond acceptors (Lipinski definition) is 4. The number of ketones is 1. The normalized spacial score (nSPS) is 11.9. The van der Waals surface area contributed by atoms with Gasteiger partial charge in [0, 0.05) is 23.8 Å². The molecule has 0 fully saturated rings. The first-order chi connectivity index (χ1) is 12.5. The van der Waals surface area contributed by atoms with Gasteiger partial charge in [0.1, 0.15) is 10.8 Å². The number of aromatic nitrogens is 1. The fourth-order valence-corrected chi connectivity index (χ4v) is 3.58. The van der Waals surface area contributed by atoms with E-state index in [-0.39, 0.29) is 18.6 Å². The topological polar surface area (TPSA) is 67.3 Å². The van der Waals surface area contributed by atoms with Crippen LogP contribution >= 0.6 is 11.3 Å². The van der Waals surface area contributed by atoms with Gasteiger partial charge in [-0.25, -0.2) is 4.98 Å². The number of carbonyl (C=O) groups is 2. The molecule has 0 spiro atoms. The maximum Gasteiger partial charge on any atom is 0.311 e. The molecule has 1 N–H and O–H groups in total. The first-order valence-corrected chi connectivity index (χ1v) is 9.22. The van der Waals surface area contributed by atoms with Crippen molar-refractivity contribution in [2.75, 3.05) is 0 Å². The van der Waals surface area contributed by atoms with Crippen LogP contribution < -0.4 is 0 Å². The summed E-state index contributed by atoms with van der Waals surface area (Å²) in [4.78, 5) is 28.5. The van der Waals surface area contributed by atoms with Gasteiger partial charge in [-0.2, -0.15) is 0 Å². The molecule has 26 heavy (non-hydrogen) atoms. The second kappa shape index (κ2) is 8.06. The molecule has 0 radical (unpaired) electrons. The van der Waals surface area contributed by atoms with Crippen LogP contribution in [0.4, 0.5) is 0 Å². The second-order valence-electron chi connectivity index (χ2n) is 6.23.